The number of carbonyl (C=O) groups excluding carboxylic acids is 2. The molecule has 2 unspecified atom stereocenters. The lowest BCUT2D eigenvalue weighted by atomic mass is 10.2. The molecule has 0 radical (unpaired) electrons. The molecule has 0 aromatic carbocycles. The first-order valence-electron chi connectivity index (χ1n) is 28.1. The zero-order valence-corrected chi connectivity index (χ0v) is 48.5. The molecule has 0 heterocycles. The molecule has 2 atom stereocenters. The number of ether oxygens (including phenoxy) is 2. The van der Waals surface area contributed by atoms with Crippen LogP contribution in [-0.2, 0) is 32.7 Å². The number of allylic oxidation sites excluding steroid dienone is 32. The zero-order valence-electron chi connectivity index (χ0n) is 47.6. The van der Waals surface area contributed by atoms with E-state index >= 15 is 0 Å². The molecule has 0 bridgehead atoms. The first kappa shape index (κ1) is 70.8. The summed E-state index contributed by atoms with van der Waals surface area (Å²) in [5, 5.41) is 0. The maximum atomic E-state index is 12.7. The lowest BCUT2D eigenvalue weighted by molar-refractivity contribution is -0.870. The lowest BCUT2D eigenvalue weighted by Gasteiger charge is -2.28. The van der Waals surface area contributed by atoms with Crippen LogP contribution in [0.5, 0.6) is 0 Å². The number of carbonyl (C=O) groups is 2. The fourth-order valence-corrected chi connectivity index (χ4v) is 7.08. The Bertz CT molecular complexity index is 1980. The molecule has 422 valence electrons. The Morgan fingerprint density at radius 1 is 0.408 bits per heavy atom. The number of hydrogen-bond acceptors (Lipinski definition) is 8. The Morgan fingerprint density at radius 2 is 0.724 bits per heavy atom. The number of esters is 2. The smallest absolute Gasteiger partial charge is 0.306 e. The third-order valence-corrected chi connectivity index (χ3v) is 11.6. The van der Waals surface area contributed by atoms with E-state index in [-0.39, 0.29) is 26.1 Å². The molecule has 76 heavy (non-hydrogen) atoms. The van der Waals surface area contributed by atoms with Gasteiger partial charge in [0.2, 0.25) is 0 Å². The van der Waals surface area contributed by atoms with Gasteiger partial charge in [-0.15, -0.1) is 0 Å². The van der Waals surface area contributed by atoms with Crippen LogP contribution in [0.25, 0.3) is 0 Å². The van der Waals surface area contributed by atoms with Gasteiger partial charge in [0.1, 0.15) is 19.8 Å². The van der Waals surface area contributed by atoms with Crippen molar-refractivity contribution in [3.63, 3.8) is 0 Å². The average Bonchev–Trinajstić information content (AvgIpc) is 3.38. The minimum atomic E-state index is -4.67. The predicted molar refractivity (Wildman–Crippen MR) is 322 cm³/mol. The third kappa shape index (κ3) is 58.1. The number of nitrogens with zero attached hydrogens (tertiary/aromatic N) is 1. The van der Waals surface area contributed by atoms with E-state index in [0.29, 0.717) is 23.9 Å². The summed E-state index contributed by atoms with van der Waals surface area (Å²) in [6, 6.07) is 0. The maximum Gasteiger partial charge on any atom is 0.306 e. The van der Waals surface area contributed by atoms with Crippen LogP contribution in [0.4, 0.5) is 0 Å². The van der Waals surface area contributed by atoms with Gasteiger partial charge in [0, 0.05) is 12.8 Å². The molecule has 0 aliphatic rings. The van der Waals surface area contributed by atoms with E-state index in [0.717, 1.165) is 116 Å². The van der Waals surface area contributed by atoms with Gasteiger partial charge in [-0.3, -0.25) is 14.2 Å². The Balaban J connectivity index is 4.30. The second-order valence-corrected chi connectivity index (χ2v) is 20.2. The highest BCUT2D eigenvalue weighted by atomic mass is 31.2. The Kier molecular flexibility index (Phi) is 50.9. The second-order valence-electron chi connectivity index (χ2n) is 18.8. The van der Waals surface area contributed by atoms with Gasteiger partial charge in [-0.1, -0.05) is 208 Å². The molecule has 0 amide bonds. The molecule has 0 aliphatic heterocycles. The molecule has 10 heteroatoms. The van der Waals surface area contributed by atoms with Crippen molar-refractivity contribution in [3.05, 3.63) is 194 Å². The summed E-state index contributed by atoms with van der Waals surface area (Å²) in [6.45, 7) is 3.81. The highest BCUT2D eigenvalue weighted by Crippen LogP contribution is 2.38. The number of quaternary nitrogens is 1. The van der Waals surface area contributed by atoms with Gasteiger partial charge in [-0.25, -0.2) is 0 Å². The van der Waals surface area contributed by atoms with Crippen molar-refractivity contribution in [2.45, 2.75) is 161 Å². The first-order valence-corrected chi connectivity index (χ1v) is 29.6. The predicted octanol–water partition coefficient (Wildman–Crippen LogP) is 17.2. The molecule has 0 aliphatic carbocycles. The van der Waals surface area contributed by atoms with Gasteiger partial charge in [0.05, 0.1) is 27.7 Å². The summed E-state index contributed by atoms with van der Waals surface area (Å²) >= 11 is 0. The van der Waals surface area contributed by atoms with Crippen LogP contribution in [0.2, 0.25) is 0 Å². The Hall–Kier alpha value is -5.15. The van der Waals surface area contributed by atoms with Crippen LogP contribution in [-0.4, -0.2) is 70.0 Å². The highest BCUT2D eigenvalue weighted by molar-refractivity contribution is 7.45. The van der Waals surface area contributed by atoms with Crippen molar-refractivity contribution < 1.29 is 42.1 Å². The molecule has 0 aromatic rings. The van der Waals surface area contributed by atoms with Gasteiger partial charge in [-0.05, 0) is 128 Å². The monoisotopic (exact) mass is 1070 g/mol. The molecule has 0 N–H and O–H groups in total. The minimum absolute atomic E-state index is 0.0616. The van der Waals surface area contributed by atoms with Crippen molar-refractivity contribution >= 4 is 19.8 Å². The summed E-state index contributed by atoms with van der Waals surface area (Å²) in [5.74, 6) is -1.00. The zero-order chi connectivity index (χ0) is 55.6. The number of unbranched alkanes of at least 4 members (excludes halogenated alkanes) is 2. The largest absolute Gasteiger partial charge is 0.756 e. The molecule has 0 fully saturated rings. The van der Waals surface area contributed by atoms with Crippen LogP contribution in [0.3, 0.4) is 0 Å². The fraction of sp³-hybridized carbons (Fsp3) is 0.485. The van der Waals surface area contributed by atoms with E-state index < -0.39 is 32.5 Å². The normalized spacial score (nSPS) is 14.8. The topological polar surface area (TPSA) is 111 Å². The summed E-state index contributed by atoms with van der Waals surface area (Å²) in [6.07, 6.45) is 86.6. The first-order chi connectivity index (χ1) is 37.0. The number of phosphoric acid groups is 1. The van der Waals surface area contributed by atoms with E-state index in [2.05, 4.69) is 196 Å². The highest BCUT2D eigenvalue weighted by Gasteiger charge is 2.21. The minimum Gasteiger partial charge on any atom is -0.756 e. The van der Waals surface area contributed by atoms with E-state index in [1.165, 1.54) is 0 Å². The van der Waals surface area contributed by atoms with E-state index in [1.54, 1.807) is 0 Å². The van der Waals surface area contributed by atoms with E-state index in [4.69, 9.17) is 18.5 Å². The Morgan fingerprint density at radius 3 is 1.05 bits per heavy atom. The summed E-state index contributed by atoms with van der Waals surface area (Å²) < 4.78 is 33.8. The maximum absolute atomic E-state index is 12.7. The standard InChI is InChI=1S/C66H100NO8P/c1-6-8-10-12-14-16-18-20-21-22-23-24-25-26-27-28-29-30-31-32-33-34-35-36-37-38-39-40-41-42-43-44-45-47-49-51-53-55-57-59-66(69)75-64(63-74-76(70,71)73-61-60-67(3,4)5)62-72-65(68)58-56-54-52-50-48-46-19-17-15-13-11-9-7-2/h8-11,14-17,20-21,23-24,26-27,29-30,32-33,35-36,38-39,41-42,44-46,48-49,51-52,54,64H,6-7,12-13,18-19,22,25,28,31,34,37,40,43,47,50,53,55-63H2,1-5H3/b10-8-,11-9-,16-14-,17-15-,21-20-,24-23-,27-26-,30-29-,33-32-,36-35-,39-38-,42-41-,45-44-,48-46-,51-49-,54-52-. The summed E-state index contributed by atoms with van der Waals surface area (Å²) in [5.41, 5.74) is 0. The van der Waals surface area contributed by atoms with Crippen molar-refractivity contribution in [1.29, 1.82) is 0 Å². The van der Waals surface area contributed by atoms with E-state index in [1.807, 2.05) is 33.3 Å². The van der Waals surface area contributed by atoms with E-state index in [9.17, 15) is 19.0 Å². The average molecular weight is 1070 g/mol. The lowest BCUT2D eigenvalue weighted by Crippen LogP contribution is -2.37. The Labute approximate surface area is 463 Å². The molecule has 0 rings (SSSR count). The van der Waals surface area contributed by atoms with Crippen LogP contribution in [0.1, 0.15) is 155 Å². The number of phosphoric ester groups is 1. The number of hydrogen-bond donors (Lipinski definition) is 0. The van der Waals surface area contributed by atoms with Crippen LogP contribution >= 0.6 is 7.82 Å². The van der Waals surface area contributed by atoms with Gasteiger partial charge in [0.15, 0.2) is 6.10 Å². The van der Waals surface area contributed by atoms with Gasteiger partial charge >= 0.3 is 11.9 Å². The number of likely N-dealkylation sites (N-methyl/N-ethyl adjacent to an activating group) is 1. The SMILES string of the molecule is CC/C=C\C/C=C\C/C=C\C/C=C\C/C=C\C/C=C\C/C=C\C/C=C\C/C=C\C/C=C\C/C=C\C/C=C\CCCCC(=O)OC(COC(=O)CC/C=C\C/C=C\C/C=C\C/C=C\CC)COP(=O)([O-])OCC[N+](C)(C)C. The molecule has 0 aromatic heterocycles. The number of rotatable bonds is 48. The van der Waals surface area contributed by atoms with Crippen molar-refractivity contribution in [2.24, 2.45) is 0 Å². The summed E-state index contributed by atoms with van der Waals surface area (Å²) in [4.78, 5) is 37.6. The fourth-order valence-electron chi connectivity index (χ4n) is 6.35. The third-order valence-electron chi connectivity index (χ3n) is 10.6. The van der Waals surface area contributed by atoms with Crippen molar-refractivity contribution in [1.82, 2.24) is 0 Å². The van der Waals surface area contributed by atoms with Crippen molar-refractivity contribution in [2.75, 3.05) is 47.5 Å². The van der Waals surface area contributed by atoms with Gasteiger partial charge in [-0.2, -0.15) is 0 Å². The molecule has 0 saturated carbocycles. The van der Waals surface area contributed by atoms with Crippen molar-refractivity contribution in [3.8, 4) is 0 Å². The second kappa shape index (κ2) is 54.6. The van der Waals surface area contributed by atoms with Crippen LogP contribution in [0, 0.1) is 0 Å². The van der Waals surface area contributed by atoms with Crippen LogP contribution in [0.15, 0.2) is 194 Å². The molecular weight excluding hydrogens is 966 g/mol. The summed E-state index contributed by atoms with van der Waals surface area (Å²) in [7, 11) is 1.07. The molecule has 9 nitrogen and oxygen atoms in total. The quantitative estimate of drug-likeness (QED) is 0.0195. The molecular formula is C66H100NO8P. The molecule has 0 spiro atoms. The van der Waals surface area contributed by atoms with Crippen LogP contribution < -0.4 is 4.89 Å². The van der Waals surface area contributed by atoms with Gasteiger partial charge < -0.3 is 27.9 Å². The van der Waals surface area contributed by atoms with Gasteiger partial charge in [0.25, 0.3) is 7.82 Å². The molecule has 0 saturated heterocycles.